The molecule has 0 aliphatic heterocycles. The van der Waals surface area contributed by atoms with Crippen LogP contribution < -0.4 is 4.74 Å². The Balaban J connectivity index is 2.04. The normalized spacial score (nSPS) is 10.2. The molecule has 2 rings (SSSR count). The lowest BCUT2D eigenvalue weighted by atomic mass is 10.2. The Morgan fingerprint density at radius 1 is 1.50 bits per heavy atom. The number of para-hydroxylation sites is 1. The number of rotatable bonds is 5. The van der Waals surface area contributed by atoms with Gasteiger partial charge in [-0.1, -0.05) is 12.1 Å². The van der Waals surface area contributed by atoms with Gasteiger partial charge in [0.25, 0.3) is 0 Å². The van der Waals surface area contributed by atoms with Crippen molar-refractivity contribution in [3.05, 3.63) is 35.3 Å². The fourth-order valence-corrected chi connectivity index (χ4v) is 1.17. The molecular weight excluding hydrogens is 234 g/mol. The summed E-state index contributed by atoms with van der Waals surface area (Å²) in [7, 11) is 0. The minimum atomic E-state index is -0.0210. The number of hydrogen-bond donors (Lipinski definition) is 1. The van der Waals surface area contributed by atoms with E-state index in [1.165, 1.54) is 6.21 Å². The molecule has 90 valence electrons. The number of nitrogens with zero attached hydrogens (tertiary/aromatic N) is 6. The van der Waals surface area contributed by atoms with Crippen LogP contribution in [0.5, 0.6) is 5.75 Å². The average molecular weight is 242 g/mol. The van der Waals surface area contributed by atoms with Gasteiger partial charge in [-0.15, -0.1) is 5.21 Å². The second-order valence-electron chi connectivity index (χ2n) is 3.04. The highest BCUT2D eigenvalue weighted by molar-refractivity contribution is 5.84. The lowest BCUT2D eigenvalue weighted by Gasteiger charge is -2.05. The van der Waals surface area contributed by atoms with Crippen molar-refractivity contribution in [1.29, 1.82) is 5.26 Å². The van der Waals surface area contributed by atoms with Crippen LogP contribution in [-0.4, -0.2) is 33.4 Å². The first-order chi connectivity index (χ1) is 8.90. The Hall–Kier alpha value is -2.95. The van der Waals surface area contributed by atoms with Gasteiger partial charge in [0.2, 0.25) is 0 Å². The van der Waals surface area contributed by atoms with Crippen molar-refractivity contribution < 1.29 is 4.74 Å². The zero-order chi connectivity index (χ0) is 12.6. The second-order valence-corrected chi connectivity index (χ2v) is 3.04. The number of aromatic amines is 1. The first-order valence-electron chi connectivity index (χ1n) is 4.96. The molecule has 2 aromatic rings. The number of hydrogen-bond acceptors (Lipinski definition) is 6. The highest BCUT2D eigenvalue weighted by Gasteiger charge is 1.98. The number of benzene rings is 1. The third-order valence-corrected chi connectivity index (χ3v) is 1.89. The van der Waals surface area contributed by atoms with Crippen LogP contribution in [0.15, 0.2) is 29.4 Å². The Morgan fingerprint density at radius 2 is 2.39 bits per heavy atom. The predicted octanol–water partition coefficient (Wildman–Crippen LogP) is 1.14. The van der Waals surface area contributed by atoms with Crippen LogP contribution in [0.1, 0.15) is 5.56 Å². The Kier molecular flexibility index (Phi) is 3.81. The summed E-state index contributed by atoms with van der Waals surface area (Å²) < 4.78 is 5.23. The summed E-state index contributed by atoms with van der Waals surface area (Å²) in [6.07, 6.45) is 1.49. The molecule has 0 atom stereocenters. The maximum Gasteiger partial charge on any atom is 0.174 e. The maximum absolute atomic E-state index is 8.47. The first kappa shape index (κ1) is 11.5. The Labute approximate surface area is 102 Å². The van der Waals surface area contributed by atoms with Crippen LogP contribution in [0.2, 0.25) is 0 Å². The molecule has 0 aliphatic rings. The molecule has 0 bridgehead atoms. The zero-order valence-corrected chi connectivity index (χ0v) is 9.19. The van der Waals surface area contributed by atoms with Gasteiger partial charge in [0.05, 0.1) is 5.95 Å². The smallest absolute Gasteiger partial charge is 0.174 e. The molecule has 0 radical (unpaired) electrons. The van der Waals surface area contributed by atoms with Crippen LogP contribution in [-0.2, 0) is 0 Å². The van der Waals surface area contributed by atoms with E-state index in [2.05, 4.69) is 31.2 Å². The van der Waals surface area contributed by atoms with Crippen molar-refractivity contribution >= 4 is 12.2 Å². The van der Waals surface area contributed by atoms with Gasteiger partial charge in [-0.2, -0.15) is 5.26 Å². The van der Waals surface area contributed by atoms with E-state index in [0.717, 1.165) is 0 Å². The maximum atomic E-state index is 8.47. The van der Waals surface area contributed by atoms with E-state index >= 15 is 0 Å². The number of aromatic nitrogens is 4. The number of ether oxygens (including phenoxy) is 1. The number of H-pyrrole nitrogens is 1. The summed E-state index contributed by atoms with van der Waals surface area (Å²) in [5, 5.41) is 25.1. The van der Waals surface area contributed by atoms with Crippen LogP contribution in [0.3, 0.4) is 0 Å². The summed E-state index contributed by atoms with van der Waals surface area (Å²) in [6.45, 7) is -0.0210. The van der Waals surface area contributed by atoms with Gasteiger partial charge >= 0.3 is 0 Å². The van der Waals surface area contributed by atoms with Crippen molar-refractivity contribution in [2.45, 2.75) is 0 Å². The number of tetrazole rings is 1. The van der Waals surface area contributed by atoms with E-state index in [-0.39, 0.29) is 12.6 Å². The first-order valence-corrected chi connectivity index (χ1v) is 4.96. The number of nitriles is 1. The molecule has 0 amide bonds. The third-order valence-electron chi connectivity index (χ3n) is 1.89. The van der Waals surface area contributed by atoms with Crippen LogP contribution in [0.25, 0.3) is 5.43 Å². The van der Waals surface area contributed by atoms with E-state index in [0.29, 0.717) is 11.3 Å². The lowest BCUT2D eigenvalue weighted by Crippen LogP contribution is -1.96. The zero-order valence-electron chi connectivity index (χ0n) is 9.19. The molecule has 0 spiro atoms. The lowest BCUT2D eigenvalue weighted by molar-refractivity contribution is 0.367. The summed E-state index contributed by atoms with van der Waals surface area (Å²) in [5.74, 6) is 0.702. The monoisotopic (exact) mass is 242 g/mol. The molecule has 18 heavy (non-hydrogen) atoms. The fraction of sp³-hybridized carbons (Fsp3) is 0.100. The molecule has 0 saturated carbocycles. The van der Waals surface area contributed by atoms with Crippen LogP contribution in [0.4, 0.5) is 5.95 Å². The molecule has 1 heterocycles. The van der Waals surface area contributed by atoms with Crippen molar-refractivity contribution in [2.24, 2.45) is 5.10 Å². The largest absolute Gasteiger partial charge is 0.478 e. The van der Waals surface area contributed by atoms with Crippen molar-refractivity contribution in [3.63, 3.8) is 0 Å². The van der Waals surface area contributed by atoms with Gasteiger partial charge < -0.3 is 4.74 Å². The molecule has 0 aliphatic carbocycles. The van der Waals surface area contributed by atoms with E-state index in [1.54, 1.807) is 18.2 Å². The molecule has 1 aromatic carbocycles. The Morgan fingerprint density at radius 3 is 3.17 bits per heavy atom. The van der Waals surface area contributed by atoms with Gasteiger partial charge in [-0.05, 0) is 12.1 Å². The van der Waals surface area contributed by atoms with Crippen molar-refractivity contribution in [1.82, 2.24) is 20.6 Å². The fourth-order valence-electron chi connectivity index (χ4n) is 1.17. The van der Waals surface area contributed by atoms with Gasteiger partial charge in [0, 0.05) is 11.8 Å². The summed E-state index contributed by atoms with van der Waals surface area (Å²) in [4.78, 5) is 0. The molecule has 0 fully saturated rings. The summed E-state index contributed by atoms with van der Waals surface area (Å²) in [5.41, 5.74) is 4.42. The second kappa shape index (κ2) is 5.95. The molecule has 1 N–H and O–H groups in total. The molecule has 0 saturated heterocycles. The molecule has 1 aromatic heterocycles. The average Bonchev–Trinajstić information content (AvgIpc) is 2.91. The molecule has 0 unspecified atom stereocenters. The summed E-state index contributed by atoms with van der Waals surface area (Å²) >= 11 is 0. The Bertz CT molecular complexity index is 558. The van der Waals surface area contributed by atoms with Gasteiger partial charge in [0.1, 0.15) is 11.8 Å². The third kappa shape index (κ3) is 3.02. The predicted molar refractivity (Wildman–Crippen MR) is 62.3 cm³/mol. The van der Waals surface area contributed by atoms with Crippen molar-refractivity contribution in [2.75, 3.05) is 6.61 Å². The van der Waals surface area contributed by atoms with Gasteiger partial charge in [-0.3, -0.25) is 20.8 Å². The van der Waals surface area contributed by atoms with Crippen LogP contribution in [0, 0.1) is 11.3 Å². The van der Waals surface area contributed by atoms with E-state index in [4.69, 9.17) is 10.00 Å². The summed E-state index contributed by atoms with van der Waals surface area (Å²) in [6, 6.07) is 9.07. The standard InChI is InChI=1S/C10H8N7O/c11-5-6-18-9-4-2-1-3-8(9)7-12-13-10-14-16-17-15-10/h1-4,7H,6H2,(H-,13,14,15,16,17)/q-1/b12-7+. The van der Waals surface area contributed by atoms with Crippen molar-refractivity contribution in [3.8, 4) is 11.8 Å². The minimum Gasteiger partial charge on any atom is -0.478 e. The molecular formula is C10H8N7O-. The van der Waals surface area contributed by atoms with Gasteiger partial charge in [0.15, 0.2) is 6.61 Å². The van der Waals surface area contributed by atoms with Gasteiger partial charge in [-0.25, -0.2) is 5.10 Å². The highest BCUT2D eigenvalue weighted by Crippen LogP contribution is 2.16. The quantitative estimate of drug-likeness (QED) is 0.623. The van der Waals surface area contributed by atoms with Crippen LogP contribution >= 0.6 is 0 Å². The molecule has 8 nitrogen and oxygen atoms in total. The highest BCUT2D eigenvalue weighted by atomic mass is 16.5. The topological polar surface area (TPSA) is 114 Å². The SMILES string of the molecule is N#CCOc1ccccc1/C=N/[N-]c1nn[nH]n1. The minimum absolute atomic E-state index is 0.0210. The van der Waals surface area contributed by atoms with E-state index in [1.807, 2.05) is 12.1 Å². The molecule has 8 heteroatoms. The van der Waals surface area contributed by atoms with E-state index in [9.17, 15) is 0 Å². The number of nitrogens with one attached hydrogen (secondary N) is 1. The van der Waals surface area contributed by atoms with E-state index < -0.39 is 0 Å².